The zero-order chi connectivity index (χ0) is 20.6. The molecule has 7 heteroatoms. The Hall–Kier alpha value is -1.63. The molecule has 0 spiro atoms. The summed E-state index contributed by atoms with van der Waals surface area (Å²) in [4.78, 5) is 9.53. The molecule has 0 saturated carbocycles. The van der Waals surface area contributed by atoms with Crippen molar-refractivity contribution < 1.29 is 57.5 Å². The van der Waals surface area contributed by atoms with Crippen molar-refractivity contribution >= 4 is 6.29 Å². The van der Waals surface area contributed by atoms with Gasteiger partial charge >= 0.3 is 79.3 Å². The van der Waals surface area contributed by atoms with E-state index in [9.17, 15) is 4.79 Å². The fourth-order valence-corrected chi connectivity index (χ4v) is 0.735. The minimum atomic E-state index is 0. The fourth-order valence-electron chi connectivity index (χ4n) is 0.735. The van der Waals surface area contributed by atoms with Crippen LogP contribution in [0.25, 0.3) is 0 Å². The van der Waals surface area contributed by atoms with Gasteiger partial charge in [-0.1, -0.05) is 12.8 Å². The van der Waals surface area contributed by atoms with Gasteiger partial charge in [-0.3, -0.25) is 6.29 Å². The minimum absolute atomic E-state index is 0. The van der Waals surface area contributed by atoms with Gasteiger partial charge in [-0.05, 0) is 0 Å². The van der Waals surface area contributed by atoms with E-state index in [1.807, 2.05) is 6.29 Å². The van der Waals surface area contributed by atoms with Crippen LogP contribution in [0.1, 0.15) is 25.7 Å². The molecule has 0 unspecified atom stereocenters. The first-order valence-electron chi connectivity index (χ1n) is 6.03. The summed E-state index contributed by atoms with van der Waals surface area (Å²) in [5.74, 6) is 0. The predicted molar refractivity (Wildman–Crippen MR) is 80.0 cm³/mol. The van der Waals surface area contributed by atoms with Gasteiger partial charge in [0.2, 0.25) is 0 Å². The Kier molecular flexibility index (Phi) is 123. The molecule has 0 aliphatic carbocycles. The summed E-state index contributed by atoms with van der Waals surface area (Å²) >= 11 is 0. The summed E-state index contributed by atoms with van der Waals surface area (Å²) in [7, 11) is 0. The molecule has 0 heterocycles. The molecule has 0 radical (unpaired) electrons. The second kappa shape index (κ2) is 74.5. The largest absolute Gasteiger partial charge is 6.00 e. The second-order valence-electron chi connectivity index (χ2n) is 2.82. The van der Waals surface area contributed by atoms with E-state index in [2.05, 4.69) is 82.1 Å². The van der Waals surface area contributed by atoms with E-state index in [1.165, 1.54) is 0 Å². The smallest absolute Gasteiger partial charge is 0.999 e. The molecule has 0 aliphatic heterocycles. The number of carbonyl (C=O) groups excluding carboxylic acids is 1. The van der Waals surface area contributed by atoms with Crippen molar-refractivity contribution in [1.82, 2.24) is 0 Å². The Morgan fingerprint density at radius 1 is 0.704 bits per heavy atom. The van der Waals surface area contributed by atoms with E-state index < -0.39 is 0 Å². The summed E-state index contributed by atoms with van der Waals surface area (Å²) < 4.78 is 30.0. The van der Waals surface area contributed by atoms with Crippen LogP contribution in [-0.4, -0.2) is 6.29 Å². The van der Waals surface area contributed by atoms with Gasteiger partial charge in [-0.15, -0.1) is 0 Å². The van der Waals surface area contributed by atoms with E-state index in [4.69, 9.17) is 18.6 Å². The van der Waals surface area contributed by atoms with Crippen LogP contribution in [0.2, 0.25) is 0 Å². The molecule has 0 bridgehead atoms. The maximum atomic E-state index is 9.53. The maximum Gasteiger partial charge on any atom is 6.00 e. The zero-order valence-electron chi connectivity index (χ0n) is 13.9. The Morgan fingerprint density at radius 3 is 1.15 bits per heavy atom. The maximum absolute atomic E-state index is 9.53. The van der Waals surface area contributed by atoms with Crippen LogP contribution in [0, 0.1) is 82.1 Å². The van der Waals surface area contributed by atoms with Crippen LogP contribution in [-0.2, 0) is 57.5 Å². The van der Waals surface area contributed by atoms with E-state index in [-0.39, 0.29) is 34.1 Å². The van der Waals surface area contributed by atoms with Gasteiger partial charge in [0.15, 0.2) is 0 Å². The summed E-state index contributed by atoms with van der Waals surface area (Å²) in [5, 5.41) is 0. The molecule has 2 rings (SSSR count). The van der Waals surface area contributed by atoms with Crippen LogP contribution in [0.3, 0.4) is 0 Å². The molecule has 5 nitrogen and oxygen atoms in total. The predicted octanol–water partition coefficient (Wildman–Crippen LogP) is 2.55. The molecular weight excluding hydrogens is 432 g/mol. The number of unbranched alkanes of at least 4 members (excludes halogenated alkanes) is 3. The number of hydrogen-bond donors (Lipinski definition) is 0. The minimum Gasteiger partial charge on any atom is -0.999 e. The molecule has 0 N–H and O–H groups in total. The molecular formula is C20H12Fe2O5. The average Bonchev–Trinajstić information content (AvgIpc) is 3.47. The van der Waals surface area contributed by atoms with E-state index >= 15 is 0 Å². The van der Waals surface area contributed by atoms with Crippen molar-refractivity contribution in [2.75, 3.05) is 0 Å². The Labute approximate surface area is 183 Å². The first-order valence-corrected chi connectivity index (χ1v) is 6.03. The molecule has 0 atom stereocenters. The molecule has 0 amide bonds. The summed E-state index contributed by atoms with van der Waals surface area (Å²) in [6, 6.07) is 24.0. The normalized spacial score (nSPS) is 5.52. The number of rotatable bonds is 4. The van der Waals surface area contributed by atoms with Gasteiger partial charge in [-0.2, -0.15) is 12.8 Å². The van der Waals surface area contributed by atoms with E-state index in [1.54, 1.807) is 12.1 Å². The van der Waals surface area contributed by atoms with Gasteiger partial charge < -0.3 is 72.4 Å². The monoisotopic (exact) mass is 444 g/mol. The van der Waals surface area contributed by atoms with Gasteiger partial charge in [0.05, 0.1) is 0 Å². The Bertz CT molecular complexity index is 373. The first kappa shape index (κ1) is 44.6. The molecule has 2 aromatic carbocycles. The molecule has 138 valence electrons. The Morgan fingerprint density at radius 2 is 1.00 bits per heavy atom. The third-order valence-corrected chi connectivity index (χ3v) is 1.48. The van der Waals surface area contributed by atoms with Crippen molar-refractivity contribution in [2.45, 2.75) is 25.7 Å². The quantitative estimate of drug-likeness (QED) is 0.308. The van der Waals surface area contributed by atoms with Gasteiger partial charge in [0.25, 0.3) is 0 Å². The summed E-state index contributed by atoms with van der Waals surface area (Å²) in [6.45, 7) is 21.6. The van der Waals surface area contributed by atoms with Gasteiger partial charge in [0.1, 0.15) is 0 Å². The third kappa shape index (κ3) is 79.7. The van der Waals surface area contributed by atoms with Crippen LogP contribution in [0.5, 0.6) is 0 Å². The van der Waals surface area contributed by atoms with Crippen LogP contribution < -0.4 is 0 Å². The van der Waals surface area contributed by atoms with Crippen molar-refractivity contribution in [3.05, 3.63) is 94.2 Å². The van der Waals surface area contributed by atoms with Crippen LogP contribution in [0.4, 0.5) is 0 Å². The van der Waals surface area contributed by atoms with Gasteiger partial charge in [0, 0.05) is 0 Å². The SMILES string of the molecule is [C-]#[O+].[C-]#[O+].[C-]#[O+].[C-]#[O+].[CH2-]CCCC[C-]=O.[Fe+6].[Fe+6].[c-]1[c-][c-][cH-][c-]1.[c-]1[c-][c-][cH-][c-]1. The zero-order valence-corrected chi connectivity index (χ0v) is 16.1. The van der Waals surface area contributed by atoms with Crippen LogP contribution >= 0.6 is 0 Å². The molecule has 27 heavy (non-hydrogen) atoms. The fraction of sp³-hybridized carbons (Fsp3) is 0.200. The second-order valence-corrected chi connectivity index (χ2v) is 2.82. The van der Waals surface area contributed by atoms with Crippen molar-refractivity contribution in [1.29, 1.82) is 0 Å². The van der Waals surface area contributed by atoms with E-state index in [0.717, 1.165) is 19.3 Å². The first-order chi connectivity index (χ1) is 12.4. The van der Waals surface area contributed by atoms with E-state index in [0.29, 0.717) is 6.42 Å². The number of hydrogen-bond acceptors (Lipinski definition) is 1. The molecule has 0 fully saturated rings. The standard InChI is InChI=1S/C6H10O.2C5H.4CO.2Fe/c1-2-3-4-5-6-7;2*1-2-4-5-3-1;4*1-2;;/h1-5H2;2*1H;;;;;;/q-2;2*-5;;;;;2*+6. The molecule has 0 saturated heterocycles. The van der Waals surface area contributed by atoms with Crippen molar-refractivity contribution in [3.8, 4) is 0 Å². The molecule has 2 aromatic rings. The average molecular weight is 444 g/mol. The van der Waals surface area contributed by atoms with Crippen molar-refractivity contribution in [3.63, 3.8) is 0 Å². The van der Waals surface area contributed by atoms with Crippen molar-refractivity contribution in [2.24, 2.45) is 0 Å². The summed E-state index contributed by atoms with van der Waals surface area (Å²) in [5.41, 5.74) is 0. The van der Waals surface area contributed by atoms with Crippen LogP contribution in [0.15, 0.2) is 12.1 Å². The van der Waals surface area contributed by atoms with Gasteiger partial charge in [-0.25, -0.2) is 0 Å². The summed E-state index contributed by atoms with van der Waals surface area (Å²) in [6.07, 6.45) is 5.34. The molecule has 0 aliphatic rings. The topological polar surface area (TPSA) is 96.7 Å². The molecule has 0 aromatic heterocycles. The Balaban J connectivity index is -0.0000000366. The third-order valence-electron chi connectivity index (χ3n) is 1.48.